The first-order valence-electron chi connectivity index (χ1n) is 7.54. The lowest BCUT2D eigenvalue weighted by atomic mass is 9.48. The zero-order valence-electron chi connectivity index (χ0n) is 13.4. The molecule has 23 heavy (non-hydrogen) atoms. The Bertz CT molecular complexity index is 690. The van der Waals surface area contributed by atoms with Gasteiger partial charge in [0.2, 0.25) is 0 Å². The van der Waals surface area contributed by atoms with Crippen LogP contribution in [0, 0.1) is 22.6 Å². The third-order valence-corrected chi connectivity index (χ3v) is 5.61. The zero-order valence-corrected chi connectivity index (χ0v) is 14.1. The van der Waals surface area contributed by atoms with Crippen molar-refractivity contribution in [1.29, 1.82) is 0 Å². The van der Waals surface area contributed by atoms with Crippen LogP contribution in [0.15, 0.2) is 18.2 Å². The van der Waals surface area contributed by atoms with Gasteiger partial charge in [-0.1, -0.05) is 25.4 Å². The van der Waals surface area contributed by atoms with Crippen molar-refractivity contribution in [3.63, 3.8) is 0 Å². The summed E-state index contributed by atoms with van der Waals surface area (Å²) in [7, 11) is 1.38. The van der Waals surface area contributed by atoms with Gasteiger partial charge in [0.25, 0.3) is 5.91 Å². The molecule has 2 aliphatic rings. The average molecular weight is 340 g/mol. The van der Waals surface area contributed by atoms with Crippen LogP contribution in [0.2, 0.25) is 5.02 Å². The molecule has 0 aromatic heterocycles. The summed E-state index contributed by atoms with van der Waals surface area (Å²) in [6.45, 7) is 4.99. The lowest BCUT2D eigenvalue weighted by Crippen LogP contribution is -2.57. The summed E-state index contributed by atoms with van der Waals surface area (Å²) in [6, 6.07) is 3.72. The number of methoxy groups -OCH3 is 1. The predicted octanol–water partition coefficient (Wildman–Crippen LogP) is 3.14. The number of amides is 1. The number of fused-ring (bicyclic) bond motifs is 1. The number of carbonyl (C=O) groups excluding carboxylic acids is 2. The van der Waals surface area contributed by atoms with Gasteiger partial charge in [0.15, 0.2) is 0 Å². The Morgan fingerprint density at radius 2 is 2.09 bits per heavy atom. The molecule has 0 spiro atoms. The van der Waals surface area contributed by atoms with E-state index < -0.39 is 11.2 Å². The Labute approximate surface area is 139 Å². The zero-order chi connectivity index (χ0) is 17.0. The predicted molar refractivity (Wildman–Crippen MR) is 83.7 cm³/mol. The molecule has 1 aliphatic heterocycles. The van der Waals surface area contributed by atoms with E-state index in [9.17, 15) is 14.0 Å². The van der Waals surface area contributed by atoms with Crippen LogP contribution in [0.3, 0.4) is 0 Å². The van der Waals surface area contributed by atoms with Gasteiger partial charge >= 0.3 is 5.97 Å². The number of likely N-dealkylation sites (tertiary alicyclic amines) is 1. The molecule has 0 N–H and O–H groups in total. The molecule has 2 atom stereocenters. The van der Waals surface area contributed by atoms with Crippen LogP contribution >= 0.6 is 11.6 Å². The first kappa shape index (κ1) is 16.2. The van der Waals surface area contributed by atoms with Gasteiger partial charge in [-0.3, -0.25) is 9.59 Å². The fourth-order valence-electron chi connectivity index (χ4n) is 4.36. The smallest absolute Gasteiger partial charge is 0.314 e. The van der Waals surface area contributed by atoms with Crippen LogP contribution in [0.4, 0.5) is 4.39 Å². The maximum absolute atomic E-state index is 13.2. The SMILES string of the molecule is COC(=O)[C@@]12CN(C(=O)c3ccc(F)cc3Cl)C[C@@H]1C(C)(C)C2. The number of hydrogen-bond acceptors (Lipinski definition) is 3. The normalized spacial score (nSPS) is 28.0. The van der Waals surface area contributed by atoms with E-state index in [0.29, 0.717) is 19.5 Å². The van der Waals surface area contributed by atoms with E-state index in [4.69, 9.17) is 16.3 Å². The molecule has 0 bridgehead atoms. The molecule has 1 aliphatic carbocycles. The van der Waals surface area contributed by atoms with Gasteiger partial charge in [0.1, 0.15) is 5.82 Å². The Balaban J connectivity index is 1.88. The second-order valence-corrected chi connectivity index (χ2v) is 7.58. The quantitative estimate of drug-likeness (QED) is 0.778. The molecule has 1 saturated heterocycles. The van der Waals surface area contributed by atoms with Gasteiger partial charge in [-0.15, -0.1) is 0 Å². The van der Waals surface area contributed by atoms with Gasteiger partial charge in [0.05, 0.1) is 23.1 Å². The van der Waals surface area contributed by atoms with Crippen molar-refractivity contribution in [1.82, 2.24) is 4.90 Å². The monoisotopic (exact) mass is 339 g/mol. The highest BCUT2D eigenvalue weighted by atomic mass is 35.5. The summed E-state index contributed by atoms with van der Waals surface area (Å²) in [5, 5.41) is 0.0839. The van der Waals surface area contributed by atoms with Crippen LogP contribution in [-0.4, -0.2) is 37.0 Å². The Kier molecular flexibility index (Phi) is 3.67. The number of benzene rings is 1. The number of carbonyl (C=O) groups is 2. The van der Waals surface area contributed by atoms with Gasteiger partial charge in [-0.05, 0) is 36.0 Å². The van der Waals surface area contributed by atoms with E-state index >= 15 is 0 Å². The molecule has 6 heteroatoms. The van der Waals surface area contributed by atoms with Crippen molar-refractivity contribution < 1.29 is 18.7 Å². The Morgan fingerprint density at radius 3 is 2.65 bits per heavy atom. The standard InChI is InChI=1S/C17H19ClFNO3/c1-16(2)8-17(15(22)23-3)9-20(7-13(16)17)14(21)11-5-4-10(19)6-12(11)18/h4-6,13H,7-9H2,1-3H3/t13-,17+/m1/s1. The Morgan fingerprint density at radius 1 is 1.39 bits per heavy atom. The van der Waals surface area contributed by atoms with E-state index in [1.54, 1.807) is 4.90 Å². The minimum atomic E-state index is -0.625. The Hall–Kier alpha value is -1.62. The minimum absolute atomic E-state index is 0.0180. The van der Waals surface area contributed by atoms with Gasteiger partial charge in [-0.25, -0.2) is 4.39 Å². The van der Waals surface area contributed by atoms with Crippen LogP contribution in [0.25, 0.3) is 0 Å². The average Bonchev–Trinajstić information content (AvgIpc) is 2.82. The van der Waals surface area contributed by atoms with E-state index in [2.05, 4.69) is 13.8 Å². The van der Waals surface area contributed by atoms with Gasteiger partial charge < -0.3 is 9.64 Å². The number of ether oxygens (including phenoxy) is 1. The van der Waals surface area contributed by atoms with Crippen molar-refractivity contribution in [3.8, 4) is 0 Å². The molecule has 1 aromatic carbocycles. The highest BCUT2D eigenvalue weighted by molar-refractivity contribution is 6.33. The van der Waals surface area contributed by atoms with Crippen molar-refractivity contribution in [3.05, 3.63) is 34.6 Å². The van der Waals surface area contributed by atoms with E-state index in [0.717, 1.165) is 6.07 Å². The van der Waals surface area contributed by atoms with Crippen LogP contribution in [-0.2, 0) is 9.53 Å². The van der Waals surface area contributed by atoms with Crippen molar-refractivity contribution >= 4 is 23.5 Å². The second kappa shape index (κ2) is 5.20. The molecule has 0 radical (unpaired) electrons. The number of rotatable bonds is 2. The number of esters is 1. The first-order chi connectivity index (χ1) is 10.7. The largest absolute Gasteiger partial charge is 0.469 e. The summed E-state index contributed by atoms with van der Waals surface area (Å²) in [5.41, 5.74) is -0.386. The summed E-state index contributed by atoms with van der Waals surface area (Å²) < 4.78 is 18.1. The molecular weight excluding hydrogens is 321 g/mol. The fraction of sp³-hybridized carbons (Fsp3) is 0.529. The van der Waals surface area contributed by atoms with E-state index in [-0.39, 0.29) is 33.8 Å². The first-order valence-corrected chi connectivity index (χ1v) is 7.92. The summed E-state index contributed by atoms with van der Waals surface area (Å²) >= 11 is 5.99. The van der Waals surface area contributed by atoms with Crippen LogP contribution < -0.4 is 0 Å². The maximum atomic E-state index is 13.2. The third-order valence-electron chi connectivity index (χ3n) is 5.30. The van der Waals surface area contributed by atoms with E-state index in [1.807, 2.05) is 0 Å². The van der Waals surface area contributed by atoms with Gasteiger partial charge in [0, 0.05) is 13.1 Å². The number of hydrogen-bond donors (Lipinski definition) is 0. The minimum Gasteiger partial charge on any atom is -0.469 e. The van der Waals surface area contributed by atoms with Crippen molar-refractivity contribution in [2.45, 2.75) is 20.3 Å². The molecule has 2 fully saturated rings. The summed E-state index contributed by atoms with van der Waals surface area (Å²) in [5.74, 6) is -0.961. The van der Waals surface area contributed by atoms with Gasteiger partial charge in [-0.2, -0.15) is 0 Å². The number of nitrogens with zero attached hydrogens (tertiary/aromatic N) is 1. The summed E-state index contributed by atoms with van der Waals surface area (Å²) in [4.78, 5) is 26.6. The van der Waals surface area contributed by atoms with Crippen LogP contribution in [0.5, 0.6) is 0 Å². The molecule has 0 unspecified atom stereocenters. The maximum Gasteiger partial charge on any atom is 0.314 e. The molecule has 3 rings (SSSR count). The summed E-state index contributed by atoms with van der Waals surface area (Å²) in [6.07, 6.45) is 0.693. The highest BCUT2D eigenvalue weighted by Crippen LogP contribution is 2.63. The van der Waals surface area contributed by atoms with Crippen molar-refractivity contribution in [2.75, 3.05) is 20.2 Å². The molecule has 1 amide bonds. The molecule has 1 saturated carbocycles. The molecule has 1 aromatic rings. The lowest BCUT2D eigenvalue weighted by molar-refractivity contribution is -0.174. The molecular formula is C17H19ClFNO3. The topological polar surface area (TPSA) is 46.6 Å². The highest BCUT2D eigenvalue weighted by Gasteiger charge is 2.68. The molecule has 124 valence electrons. The van der Waals surface area contributed by atoms with Crippen LogP contribution in [0.1, 0.15) is 30.6 Å². The fourth-order valence-corrected chi connectivity index (χ4v) is 4.61. The number of halogens is 2. The second-order valence-electron chi connectivity index (χ2n) is 7.18. The van der Waals surface area contributed by atoms with Crippen molar-refractivity contribution in [2.24, 2.45) is 16.7 Å². The molecule has 1 heterocycles. The van der Waals surface area contributed by atoms with E-state index in [1.165, 1.54) is 19.2 Å². The third kappa shape index (κ3) is 2.33. The lowest BCUT2D eigenvalue weighted by Gasteiger charge is -2.54. The molecule has 4 nitrogen and oxygen atoms in total.